The highest BCUT2D eigenvalue weighted by molar-refractivity contribution is 5.99. The summed E-state index contributed by atoms with van der Waals surface area (Å²) < 4.78 is 10.5. The zero-order valence-electron chi connectivity index (χ0n) is 22.2. The molecule has 0 bridgehead atoms. The maximum absolute atomic E-state index is 13.9. The number of anilines is 1. The molecule has 2 atom stereocenters. The van der Waals surface area contributed by atoms with Crippen LogP contribution in [0.4, 0.5) is 10.5 Å². The van der Waals surface area contributed by atoms with Gasteiger partial charge in [0.2, 0.25) is 11.8 Å². The van der Waals surface area contributed by atoms with Crippen LogP contribution in [0.3, 0.4) is 0 Å². The molecule has 0 saturated heterocycles. The van der Waals surface area contributed by atoms with E-state index in [4.69, 9.17) is 15.2 Å². The zero-order valence-corrected chi connectivity index (χ0v) is 22.2. The number of carbonyl (C=O) groups excluding carboxylic acids is 4. The predicted molar refractivity (Wildman–Crippen MR) is 144 cm³/mol. The van der Waals surface area contributed by atoms with Crippen LogP contribution in [0.5, 0.6) is 5.75 Å². The van der Waals surface area contributed by atoms with Crippen LogP contribution in [0.2, 0.25) is 0 Å². The Labute approximate surface area is 223 Å². The molecule has 0 aromatic heterocycles. The van der Waals surface area contributed by atoms with E-state index < -0.39 is 41.5 Å². The van der Waals surface area contributed by atoms with Crippen LogP contribution in [0.1, 0.15) is 45.2 Å². The van der Waals surface area contributed by atoms with E-state index in [1.807, 2.05) is 0 Å². The molecule has 204 valence electrons. The van der Waals surface area contributed by atoms with Gasteiger partial charge in [-0.2, -0.15) is 0 Å². The molecule has 4 N–H and O–H groups in total. The lowest BCUT2D eigenvalue weighted by molar-refractivity contribution is -0.140. The fourth-order valence-corrected chi connectivity index (χ4v) is 3.65. The maximum Gasteiger partial charge on any atom is 0.408 e. The molecule has 2 aromatic rings. The summed E-state index contributed by atoms with van der Waals surface area (Å²) in [7, 11) is 1.54. The second-order valence-electron chi connectivity index (χ2n) is 9.51. The lowest BCUT2D eigenvalue weighted by Gasteiger charge is -2.33. The number of hydrogen-bond acceptors (Lipinski definition) is 6. The van der Waals surface area contributed by atoms with Crippen molar-refractivity contribution in [1.82, 2.24) is 10.2 Å². The summed E-state index contributed by atoms with van der Waals surface area (Å²) >= 11 is 0. The van der Waals surface area contributed by atoms with Gasteiger partial charge >= 0.3 is 6.09 Å². The summed E-state index contributed by atoms with van der Waals surface area (Å²) in [5, 5.41) is 5.37. The first-order valence-electron chi connectivity index (χ1n) is 12.1. The molecular formula is C28H36N4O6. The standard InChI is InChI=1S/C28H36N4O6/c1-6-18-32(26(35)22(16-17-23(29)33)31-27(36)38-28(2,3)4)24(19-10-8-7-9-11-19)25(34)30-20-12-14-21(37-5)15-13-20/h6-15,22,24H,1,16-18H2,2-5H3,(H2,29,33)(H,30,34)(H,31,36). The normalized spacial score (nSPS) is 12.4. The van der Waals surface area contributed by atoms with E-state index in [9.17, 15) is 19.2 Å². The smallest absolute Gasteiger partial charge is 0.408 e. The second-order valence-corrected chi connectivity index (χ2v) is 9.51. The quantitative estimate of drug-likeness (QED) is 0.363. The highest BCUT2D eigenvalue weighted by Gasteiger charge is 2.36. The molecule has 2 unspecified atom stereocenters. The highest BCUT2D eigenvalue weighted by Crippen LogP contribution is 2.25. The van der Waals surface area contributed by atoms with Crippen molar-refractivity contribution in [3.05, 3.63) is 72.8 Å². The molecule has 10 nitrogen and oxygen atoms in total. The van der Waals surface area contributed by atoms with E-state index in [-0.39, 0.29) is 19.4 Å². The summed E-state index contributed by atoms with van der Waals surface area (Å²) in [6, 6.07) is 13.2. The summed E-state index contributed by atoms with van der Waals surface area (Å²) in [5.41, 5.74) is 5.55. The molecule has 4 amide bonds. The van der Waals surface area contributed by atoms with E-state index >= 15 is 0 Å². The van der Waals surface area contributed by atoms with Crippen molar-refractivity contribution >= 4 is 29.5 Å². The number of alkyl carbamates (subject to hydrolysis) is 1. The molecule has 0 heterocycles. The van der Waals surface area contributed by atoms with Crippen LogP contribution in [0.25, 0.3) is 0 Å². The topological polar surface area (TPSA) is 140 Å². The SMILES string of the molecule is C=CCN(C(=O)C(CCC(N)=O)NC(=O)OC(C)(C)C)C(C(=O)Nc1ccc(OC)cc1)c1ccccc1. The van der Waals surface area contributed by atoms with Crippen LogP contribution in [0.15, 0.2) is 67.3 Å². The fraction of sp³-hybridized carbons (Fsp3) is 0.357. The molecule has 2 aromatic carbocycles. The van der Waals surface area contributed by atoms with Crippen LogP contribution in [-0.4, -0.2) is 54.0 Å². The van der Waals surface area contributed by atoms with Gasteiger partial charge in [0.1, 0.15) is 23.4 Å². The first-order valence-corrected chi connectivity index (χ1v) is 12.1. The van der Waals surface area contributed by atoms with Crippen LogP contribution in [0, 0.1) is 0 Å². The van der Waals surface area contributed by atoms with Gasteiger partial charge < -0.3 is 30.7 Å². The van der Waals surface area contributed by atoms with Crippen molar-refractivity contribution < 1.29 is 28.7 Å². The van der Waals surface area contributed by atoms with Crippen LogP contribution < -0.4 is 21.1 Å². The molecule has 0 aliphatic rings. The first kappa shape index (κ1) is 29.9. The van der Waals surface area contributed by atoms with Crippen molar-refractivity contribution in [1.29, 1.82) is 0 Å². The Morgan fingerprint density at radius 1 is 1.05 bits per heavy atom. The van der Waals surface area contributed by atoms with Gasteiger partial charge in [-0.3, -0.25) is 14.4 Å². The average molecular weight is 525 g/mol. The number of methoxy groups -OCH3 is 1. The Morgan fingerprint density at radius 2 is 1.68 bits per heavy atom. The van der Waals surface area contributed by atoms with Gasteiger partial charge in [-0.05, 0) is 57.0 Å². The zero-order chi connectivity index (χ0) is 28.3. The summed E-state index contributed by atoms with van der Waals surface area (Å²) in [4.78, 5) is 52.8. The first-order chi connectivity index (χ1) is 17.9. The Morgan fingerprint density at radius 3 is 2.21 bits per heavy atom. The van der Waals surface area contributed by atoms with Gasteiger partial charge in [-0.15, -0.1) is 6.58 Å². The van der Waals surface area contributed by atoms with Crippen molar-refractivity contribution in [3.63, 3.8) is 0 Å². The number of ether oxygens (including phenoxy) is 2. The van der Waals surface area contributed by atoms with Gasteiger partial charge in [0, 0.05) is 18.7 Å². The molecule has 0 aliphatic carbocycles. The Kier molecular flexibility index (Phi) is 10.9. The predicted octanol–water partition coefficient (Wildman–Crippen LogP) is 3.55. The maximum atomic E-state index is 13.9. The molecule has 0 spiro atoms. The molecular weight excluding hydrogens is 488 g/mol. The number of rotatable bonds is 12. The Balaban J connectivity index is 2.44. The fourth-order valence-electron chi connectivity index (χ4n) is 3.65. The minimum Gasteiger partial charge on any atom is -0.497 e. The lowest BCUT2D eigenvalue weighted by Crippen LogP contribution is -2.52. The summed E-state index contributed by atoms with van der Waals surface area (Å²) in [5.74, 6) is -1.10. The van der Waals surface area contributed by atoms with Crippen molar-refractivity contribution in [3.8, 4) is 5.75 Å². The van der Waals surface area contributed by atoms with Crippen molar-refractivity contribution in [2.24, 2.45) is 5.73 Å². The van der Waals surface area contributed by atoms with Crippen LogP contribution in [-0.2, 0) is 19.1 Å². The monoisotopic (exact) mass is 524 g/mol. The van der Waals surface area contributed by atoms with E-state index in [0.717, 1.165) is 0 Å². The highest BCUT2D eigenvalue weighted by atomic mass is 16.6. The van der Waals surface area contributed by atoms with Crippen molar-refractivity contribution in [2.75, 3.05) is 19.0 Å². The molecule has 0 aliphatic heterocycles. The number of nitrogens with one attached hydrogen (secondary N) is 2. The lowest BCUT2D eigenvalue weighted by atomic mass is 10.0. The van der Waals surface area contributed by atoms with E-state index in [1.54, 1.807) is 75.4 Å². The largest absolute Gasteiger partial charge is 0.497 e. The Bertz CT molecular complexity index is 1110. The summed E-state index contributed by atoms with van der Waals surface area (Å²) in [6.07, 6.45) is 0.399. The van der Waals surface area contributed by atoms with Crippen molar-refractivity contribution in [2.45, 2.75) is 51.3 Å². The summed E-state index contributed by atoms with van der Waals surface area (Å²) in [6.45, 7) is 8.78. The minimum atomic E-state index is -1.18. The molecule has 38 heavy (non-hydrogen) atoms. The van der Waals surface area contributed by atoms with E-state index in [0.29, 0.717) is 17.0 Å². The minimum absolute atomic E-state index is 0.0164. The third kappa shape index (κ3) is 9.27. The number of hydrogen-bond donors (Lipinski definition) is 3. The number of amides is 4. The van der Waals surface area contributed by atoms with E-state index in [2.05, 4.69) is 17.2 Å². The third-order valence-corrected chi connectivity index (χ3v) is 5.31. The van der Waals surface area contributed by atoms with Gasteiger partial charge in [0.15, 0.2) is 0 Å². The molecule has 0 saturated carbocycles. The van der Waals surface area contributed by atoms with Crippen LogP contribution >= 0.6 is 0 Å². The number of benzene rings is 2. The number of primary amides is 1. The average Bonchev–Trinajstić information content (AvgIpc) is 2.85. The van der Waals surface area contributed by atoms with Gasteiger partial charge in [0.25, 0.3) is 5.91 Å². The van der Waals surface area contributed by atoms with E-state index in [1.165, 1.54) is 18.1 Å². The number of carbonyl (C=O) groups is 4. The molecule has 2 rings (SSSR count). The third-order valence-electron chi connectivity index (χ3n) is 5.31. The Hall–Kier alpha value is -4.34. The second kappa shape index (κ2) is 13.8. The number of nitrogens with two attached hydrogens (primary N) is 1. The van der Waals surface area contributed by atoms with Gasteiger partial charge in [0.05, 0.1) is 7.11 Å². The molecule has 10 heteroatoms. The van der Waals surface area contributed by atoms with Gasteiger partial charge in [-0.1, -0.05) is 36.4 Å². The molecule has 0 fully saturated rings. The number of nitrogens with zero attached hydrogens (tertiary/aromatic N) is 1. The molecule has 0 radical (unpaired) electrons. The van der Waals surface area contributed by atoms with Gasteiger partial charge in [-0.25, -0.2) is 4.79 Å².